The molecule has 11 rings (SSSR count). The molecule has 9 amide bonds. The van der Waals surface area contributed by atoms with Crippen molar-refractivity contribution in [2.75, 3.05) is 64.2 Å². The highest BCUT2D eigenvalue weighted by atomic mass is 32.1. The SMILES string of the molecule is CC(C)(C)c1ccc(C[C@H](NC(=O)[C@H](CCC(N)=O)NC(=O)[C@@H]2CC[C@@H]3CCN(CC(F)F)C[C@H](NC(=O)c4cc5cc(C(F)(F)P(=O)(Oc6ccccc6)Oc6ccccc6)ccc5s4)C(=O)N32)C(=O)N2CCN(CCNc3cccc4c3CN(C3CCC(=O)NC3=O)C4=O)CC2)cc1. The quantitative estimate of drug-likeness (QED) is 0.0184. The van der Waals surface area contributed by atoms with Crippen LogP contribution in [0.4, 0.5) is 23.2 Å². The van der Waals surface area contributed by atoms with Crippen molar-refractivity contribution < 1.29 is 74.3 Å². The number of alkyl halides is 4. The van der Waals surface area contributed by atoms with E-state index in [4.69, 9.17) is 14.8 Å². The smallest absolute Gasteiger partial charge is 0.412 e. The van der Waals surface area contributed by atoms with E-state index in [9.17, 15) is 51.7 Å². The predicted molar refractivity (Wildman–Crippen MR) is 365 cm³/mol. The molecule has 0 radical (unpaired) electrons. The Morgan fingerprint density at radius 1 is 0.760 bits per heavy atom. The van der Waals surface area contributed by atoms with Crippen LogP contribution in [0.1, 0.15) is 108 Å². The third-order valence-electron chi connectivity index (χ3n) is 18.8. The monoisotopic (exact) mass is 1420 g/mol. The average molecular weight is 1420 g/mol. The number of primary amides is 1. The maximum atomic E-state index is 16.8. The Labute approximate surface area is 579 Å². The summed E-state index contributed by atoms with van der Waals surface area (Å²) in [5, 5.41) is 14.2. The van der Waals surface area contributed by atoms with Crippen LogP contribution < -0.4 is 41.4 Å². The van der Waals surface area contributed by atoms with Crippen LogP contribution in [0.2, 0.25) is 0 Å². The van der Waals surface area contributed by atoms with Crippen LogP contribution in [0.3, 0.4) is 0 Å². The Balaban J connectivity index is 0.769. The second kappa shape index (κ2) is 30.7. The van der Waals surface area contributed by atoms with Gasteiger partial charge in [-0.05, 0) is 109 Å². The molecule has 0 spiro atoms. The minimum Gasteiger partial charge on any atom is -0.412 e. The number of nitrogens with one attached hydrogen (secondary N) is 5. The molecule has 0 bridgehead atoms. The van der Waals surface area contributed by atoms with Crippen molar-refractivity contribution in [3.05, 3.63) is 160 Å². The van der Waals surface area contributed by atoms with Crippen molar-refractivity contribution in [3.8, 4) is 11.5 Å². The average Bonchev–Trinajstić information content (AvgIpc) is 1.30. The van der Waals surface area contributed by atoms with Gasteiger partial charge in [-0.3, -0.25) is 58.3 Å². The lowest BCUT2D eigenvalue weighted by molar-refractivity contribution is -0.144. The minimum absolute atomic E-state index is 0.0330. The Kier molecular flexibility index (Phi) is 22.1. The van der Waals surface area contributed by atoms with E-state index in [0.717, 1.165) is 45.8 Å². The topological polar surface area (TPSA) is 292 Å². The summed E-state index contributed by atoms with van der Waals surface area (Å²) < 4.78 is 87.6. The largest absolute Gasteiger partial charge is 0.504 e. The fourth-order valence-corrected chi connectivity index (χ4v) is 15.9. The summed E-state index contributed by atoms with van der Waals surface area (Å²) in [5.74, 6) is -5.91. The zero-order valence-electron chi connectivity index (χ0n) is 55.5. The molecule has 5 aliphatic heterocycles. The van der Waals surface area contributed by atoms with E-state index in [1.54, 1.807) is 29.2 Å². The number of piperidine rings is 1. The van der Waals surface area contributed by atoms with Crippen LogP contribution in [0.15, 0.2) is 127 Å². The zero-order chi connectivity index (χ0) is 71.2. The molecule has 530 valence electrons. The van der Waals surface area contributed by atoms with Crippen molar-refractivity contribution in [2.24, 2.45) is 5.73 Å². The van der Waals surface area contributed by atoms with Gasteiger partial charge in [-0.1, -0.05) is 93.6 Å². The summed E-state index contributed by atoms with van der Waals surface area (Å²) in [6.45, 7) is 7.80. The van der Waals surface area contributed by atoms with Gasteiger partial charge in [0.15, 0.2) is 0 Å². The number of imide groups is 1. The van der Waals surface area contributed by atoms with Crippen LogP contribution in [0.25, 0.3) is 10.1 Å². The Morgan fingerprint density at radius 2 is 1.44 bits per heavy atom. The highest BCUT2D eigenvalue weighted by Gasteiger charge is 2.58. The number of anilines is 1. The Bertz CT molecular complexity index is 4060. The van der Waals surface area contributed by atoms with Crippen LogP contribution in [-0.4, -0.2) is 179 Å². The van der Waals surface area contributed by atoms with E-state index >= 15 is 13.6 Å². The highest BCUT2D eigenvalue weighted by Crippen LogP contribution is 2.66. The molecule has 6 atom stereocenters. The van der Waals surface area contributed by atoms with Gasteiger partial charge in [0.05, 0.1) is 11.4 Å². The summed E-state index contributed by atoms with van der Waals surface area (Å²) in [5.41, 5.74) is 4.12. The molecule has 6 aromatic rings. The maximum absolute atomic E-state index is 16.8. The second-order valence-corrected chi connectivity index (χ2v) is 29.8. The van der Waals surface area contributed by atoms with E-state index in [0.29, 0.717) is 36.4 Å². The zero-order valence-corrected chi connectivity index (χ0v) is 57.2. The van der Waals surface area contributed by atoms with Crippen LogP contribution >= 0.6 is 18.9 Å². The van der Waals surface area contributed by atoms with Crippen LogP contribution in [-0.2, 0) is 62.2 Å². The molecule has 7 N–H and O–H groups in total. The first-order valence-electron chi connectivity index (χ1n) is 33.4. The van der Waals surface area contributed by atoms with Crippen molar-refractivity contribution in [3.63, 3.8) is 0 Å². The normalized spacial score (nSPS) is 20.0. The summed E-state index contributed by atoms with van der Waals surface area (Å²) in [6.07, 6.45) is -2.64. The predicted octanol–water partition coefficient (Wildman–Crippen LogP) is 7.52. The molecule has 6 heterocycles. The summed E-state index contributed by atoms with van der Waals surface area (Å²) >= 11 is 0.881. The molecule has 1 aromatic heterocycles. The molecule has 100 heavy (non-hydrogen) atoms. The fourth-order valence-electron chi connectivity index (χ4n) is 13.5. The summed E-state index contributed by atoms with van der Waals surface area (Å²) in [6, 6.07) is 25.4. The number of benzene rings is 5. The molecule has 0 aliphatic carbocycles. The molecule has 23 nitrogen and oxygen atoms in total. The van der Waals surface area contributed by atoms with Gasteiger partial charge in [-0.15, -0.1) is 11.3 Å². The first-order chi connectivity index (χ1) is 47.7. The van der Waals surface area contributed by atoms with Crippen LogP contribution in [0, 0.1) is 0 Å². The van der Waals surface area contributed by atoms with Gasteiger partial charge < -0.3 is 50.7 Å². The molecule has 5 aliphatic rings. The molecule has 4 fully saturated rings. The molecule has 1 unspecified atom stereocenters. The minimum atomic E-state index is -5.43. The second-order valence-electron chi connectivity index (χ2n) is 26.8. The van der Waals surface area contributed by atoms with Gasteiger partial charge >= 0.3 is 13.3 Å². The van der Waals surface area contributed by atoms with Gasteiger partial charge in [-0.25, -0.2) is 13.3 Å². The van der Waals surface area contributed by atoms with E-state index in [2.05, 4.69) is 52.3 Å². The third kappa shape index (κ3) is 16.6. The number of rotatable bonds is 25. The number of para-hydroxylation sites is 2. The number of carbonyl (C=O) groups is 9. The number of carbonyl (C=O) groups excluding carboxylic acids is 9. The Hall–Kier alpha value is -9.24. The van der Waals surface area contributed by atoms with Crippen molar-refractivity contribution in [1.29, 1.82) is 0 Å². The molecular weight excluding hydrogens is 1340 g/mol. The third-order valence-corrected chi connectivity index (χ3v) is 21.8. The van der Waals surface area contributed by atoms with Gasteiger partial charge in [0, 0.05) is 111 Å². The lowest BCUT2D eigenvalue weighted by Gasteiger charge is -2.39. The number of fused-ring (bicyclic) bond motifs is 3. The van der Waals surface area contributed by atoms with Gasteiger partial charge in [0.1, 0.15) is 41.7 Å². The van der Waals surface area contributed by atoms with Gasteiger partial charge in [0.2, 0.25) is 41.4 Å². The van der Waals surface area contributed by atoms with Crippen molar-refractivity contribution >= 4 is 87.9 Å². The van der Waals surface area contributed by atoms with Gasteiger partial charge in [-0.2, -0.15) is 8.78 Å². The van der Waals surface area contributed by atoms with E-state index in [-0.39, 0.29) is 117 Å². The summed E-state index contributed by atoms with van der Waals surface area (Å²) in [4.78, 5) is 132. The van der Waals surface area contributed by atoms with Crippen molar-refractivity contribution in [1.82, 2.24) is 45.8 Å². The summed E-state index contributed by atoms with van der Waals surface area (Å²) in [7, 11) is -5.43. The molecule has 5 aromatic carbocycles. The number of nitrogens with zero attached hydrogens (tertiary/aromatic N) is 5. The molecule has 4 saturated heterocycles. The first kappa shape index (κ1) is 72.0. The number of hydrogen-bond donors (Lipinski definition) is 6. The lowest BCUT2D eigenvalue weighted by Crippen LogP contribution is -2.62. The number of hydrogen-bond acceptors (Lipinski definition) is 16. The maximum Gasteiger partial charge on any atom is 0.504 e. The van der Waals surface area contributed by atoms with E-state index < -0.39 is 116 Å². The Morgan fingerprint density at radius 3 is 2.09 bits per heavy atom. The van der Waals surface area contributed by atoms with Crippen LogP contribution in [0.5, 0.6) is 11.5 Å². The first-order valence-corrected chi connectivity index (χ1v) is 35.7. The number of thiophene rings is 1. The number of amides is 9. The van der Waals surface area contributed by atoms with E-state index in [1.807, 2.05) is 30.3 Å². The van der Waals surface area contributed by atoms with E-state index in [1.165, 1.54) is 75.4 Å². The highest BCUT2D eigenvalue weighted by molar-refractivity contribution is 7.55. The number of piperazine rings is 1. The number of halogens is 4. The van der Waals surface area contributed by atoms with Crippen molar-refractivity contribution in [2.45, 2.75) is 132 Å². The van der Waals surface area contributed by atoms with Gasteiger partial charge in [0.25, 0.3) is 18.2 Å². The molecular formula is C71H80F4N11O12PS. The standard InChI is InChI=1S/C71H80F4N11O12PS/c1-70(2,3)45-19-17-43(18-20-45)37-54(68(94)84-35-33-82(34-36-84)32-30-77-52-16-10-15-50-51(52)40-85(67(50)93)56-25-28-62(88)81-64(56)90)79-63(89)53(23-27-61(76)87)78-65(91)57-24-22-47-29-31-83(42-60(72)73)41-55(69(95)86(47)57)80-66(92)59-39-44-38-46(21-26-58(44)100-59)71(74,75)99(96,97-48-11-6-4-7-12-48)98-49-13-8-5-9-14-49/h4-21,26,38-39,47,53-57,60,77H,22-25,27-37,40-42H2,1-3H3,(H2,76,87)(H,78,91)(H,79,89)(H,80,92)(H,81,88,90)/t47-,53+,54+,55+,56?,57+/m1/s1. The molecule has 0 saturated carbocycles. The number of nitrogens with two attached hydrogens (primary N) is 1. The molecule has 29 heteroatoms. The lowest BCUT2D eigenvalue weighted by atomic mass is 9.86. The fraction of sp³-hybridized carbons (Fsp3) is 0.423.